The van der Waals surface area contributed by atoms with E-state index in [4.69, 9.17) is 4.74 Å². The number of amides is 1. The third kappa shape index (κ3) is 2.39. The maximum absolute atomic E-state index is 11.6. The highest BCUT2D eigenvalue weighted by atomic mass is 16.5. The van der Waals surface area contributed by atoms with E-state index in [1.165, 1.54) is 6.08 Å². The number of benzene rings is 1. The summed E-state index contributed by atoms with van der Waals surface area (Å²) in [7, 11) is 0. The average molecular weight is 231 g/mol. The van der Waals surface area contributed by atoms with Crippen molar-refractivity contribution in [3.05, 3.63) is 48.6 Å². The number of morpholine rings is 1. The zero-order valence-electron chi connectivity index (χ0n) is 10.1. The highest BCUT2D eigenvalue weighted by Crippen LogP contribution is 2.29. The molecule has 1 saturated heterocycles. The van der Waals surface area contributed by atoms with Gasteiger partial charge in [-0.3, -0.25) is 4.79 Å². The summed E-state index contributed by atoms with van der Waals surface area (Å²) in [6.07, 6.45) is 1.36. The maximum Gasteiger partial charge on any atom is 0.246 e. The van der Waals surface area contributed by atoms with E-state index in [1.807, 2.05) is 37.3 Å². The second-order valence-corrected chi connectivity index (χ2v) is 4.41. The highest BCUT2D eigenvalue weighted by molar-refractivity contribution is 5.87. The molecule has 1 unspecified atom stereocenters. The Balaban J connectivity index is 2.21. The van der Waals surface area contributed by atoms with Crippen LogP contribution in [0, 0.1) is 0 Å². The lowest BCUT2D eigenvalue weighted by Crippen LogP contribution is -2.50. The fraction of sp³-hybridized carbons (Fsp3) is 0.357. The number of hydrogen-bond donors (Lipinski definition) is 0. The van der Waals surface area contributed by atoms with Gasteiger partial charge in [0.2, 0.25) is 5.91 Å². The molecule has 0 radical (unpaired) electrons. The van der Waals surface area contributed by atoms with Crippen molar-refractivity contribution in [3.8, 4) is 0 Å². The van der Waals surface area contributed by atoms with Crippen LogP contribution in [0.25, 0.3) is 0 Å². The summed E-state index contributed by atoms with van der Waals surface area (Å²) < 4.78 is 5.85. The van der Waals surface area contributed by atoms with Crippen LogP contribution < -0.4 is 0 Å². The van der Waals surface area contributed by atoms with Gasteiger partial charge in [-0.2, -0.15) is 0 Å². The Hall–Kier alpha value is -1.61. The van der Waals surface area contributed by atoms with Crippen LogP contribution in [0.3, 0.4) is 0 Å². The molecule has 1 fully saturated rings. The van der Waals surface area contributed by atoms with Crippen LogP contribution in [-0.4, -0.2) is 30.5 Å². The minimum absolute atomic E-state index is 0.0320. The lowest BCUT2D eigenvalue weighted by atomic mass is 9.94. The molecule has 0 bridgehead atoms. The topological polar surface area (TPSA) is 29.5 Å². The normalized spacial score (nSPS) is 24.4. The van der Waals surface area contributed by atoms with Crippen LogP contribution in [0.5, 0.6) is 0 Å². The minimum Gasteiger partial charge on any atom is -0.367 e. The summed E-state index contributed by atoms with van der Waals surface area (Å²) >= 11 is 0. The van der Waals surface area contributed by atoms with Gasteiger partial charge in [0.1, 0.15) is 5.60 Å². The molecular formula is C14H17NO2. The van der Waals surface area contributed by atoms with Gasteiger partial charge >= 0.3 is 0 Å². The van der Waals surface area contributed by atoms with Crippen molar-refractivity contribution < 1.29 is 9.53 Å². The zero-order valence-corrected chi connectivity index (χ0v) is 10.1. The van der Waals surface area contributed by atoms with Crippen molar-refractivity contribution in [2.24, 2.45) is 0 Å². The van der Waals surface area contributed by atoms with Gasteiger partial charge in [0.25, 0.3) is 0 Å². The van der Waals surface area contributed by atoms with Gasteiger partial charge in [0.05, 0.1) is 13.2 Å². The van der Waals surface area contributed by atoms with E-state index in [0.717, 1.165) is 5.56 Å². The van der Waals surface area contributed by atoms with Crippen LogP contribution >= 0.6 is 0 Å². The molecule has 0 N–H and O–H groups in total. The van der Waals surface area contributed by atoms with Gasteiger partial charge in [-0.15, -0.1) is 0 Å². The first-order chi connectivity index (χ1) is 8.15. The summed E-state index contributed by atoms with van der Waals surface area (Å²) in [5.41, 5.74) is 0.680. The molecule has 3 heteroatoms. The summed E-state index contributed by atoms with van der Waals surface area (Å²) in [4.78, 5) is 13.4. The van der Waals surface area contributed by atoms with E-state index in [2.05, 4.69) is 6.58 Å². The predicted octanol–water partition coefficient (Wildman–Crippen LogP) is 1.95. The molecule has 1 aromatic carbocycles. The SMILES string of the molecule is C=CC(=O)N1CCOC(C)(c2ccccc2)C1. The van der Waals surface area contributed by atoms with E-state index in [9.17, 15) is 4.79 Å². The van der Waals surface area contributed by atoms with Crippen molar-refractivity contribution in [2.45, 2.75) is 12.5 Å². The molecule has 1 heterocycles. The number of ether oxygens (including phenoxy) is 1. The molecule has 17 heavy (non-hydrogen) atoms. The quantitative estimate of drug-likeness (QED) is 0.728. The molecule has 2 rings (SSSR count). The zero-order chi connectivity index (χ0) is 12.3. The summed E-state index contributed by atoms with van der Waals surface area (Å²) in [5.74, 6) is -0.0320. The molecule has 1 atom stereocenters. The number of rotatable bonds is 2. The van der Waals surface area contributed by atoms with Crippen LogP contribution in [0.2, 0.25) is 0 Å². The Morgan fingerprint density at radius 3 is 2.82 bits per heavy atom. The van der Waals surface area contributed by atoms with Crippen molar-refractivity contribution in [3.63, 3.8) is 0 Å². The van der Waals surface area contributed by atoms with E-state index in [1.54, 1.807) is 4.90 Å². The molecule has 1 aliphatic heterocycles. The number of hydrogen-bond acceptors (Lipinski definition) is 2. The van der Waals surface area contributed by atoms with Crippen LogP contribution in [0.15, 0.2) is 43.0 Å². The van der Waals surface area contributed by atoms with E-state index in [0.29, 0.717) is 19.7 Å². The monoisotopic (exact) mass is 231 g/mol. The molecule has 0 aromatic heterocycles. The molecule has 1 aromatic rings. The fourth-order valence-electron chi connectivity index (χ4n) is 2.15. The van der Waals surface area contributed by atoms with E-state index < -0.39 is 5.60 Å². The Bertz CT molecular complexity index is 415. The van der Waals surface area contributed by atoms with Gasteiger partial charge in [0, 0.05) is 6.54 Å². The largest absolute Gasteiger partial charge is 0.367 e. The van der Waals surface area contributed by atoms with Gasteiger partial charge in [-0.05, 0) is 18.6 Å². The molecule has 0 spiro atoms. The Morgan fingerprint density at radius 1 is 1.47 bits per heavy atom. The smallest absolute Gasteiger partial charge is 0.246 e. The molecule has 3 nitrogen and oxygen atoms in total. The lowest BCUT2D eigenvalue weighted by molar-refractivity contribution is -0.144. The average Bonchev–Trinajstić information content (AvgIpc) is 2.39. The second kappa shape index (κ2) is 4.72. The second-order valence-electron chi connectivity index (χ2n) is 4.41. The number of carbonyl (C=O) groups is 1. The number of nitrogens with zero attached hydrogens (tertiary/aromatic N) is 1. The molecular weight excluding hydrogens is 214 g/mol. The van der Waals surface area contributed by atoms with Crippen LogP contribution in [0.4, 0.5) is 0 Å². The third-order valence-corrected chi connectivity index (χ3v) is 3.15. The molecule has 90 valence electrons. The maximum atomic E-state index is 11.6. The van der Waals surface area contributed by atoms with Crippen LogP contribution in [-0.2, 0) is 15.1 Å². The van der Waals surface area contributed by atoms with Gasteiger partial charge in [-0.1, -0.05) is 36.9 Å². The van der Waals surface area contributed by atoms with Gasteiger partial charge < -0.3 is 9.64 Å². The molecule has 1 amide bonds. The van der Waals surface area contributed by atoms with E-state index >= 15 is 0 Å². The summed E-state index contributed by atoms with van der Waals surface area (Å²) in [5, 5.41) is 0. The summed E-state index contributed by atoms with van der Waals surface area (Å²) in [6.45, 7) is 7.31. The Kier molecular flexibility index (Phi) is 3.29. The highest BCUT2D eigenvalue weighted by Gasteiger charge is 2.34. The first kappa shape index (κ1) is 11.9. The molecule has 0 aliphatic carbocycles. The van der Waals surface area contributed by atoms with Crippen molar-refractivity contribution >= 4 is 5.91 Å². The van der Waals surface area contributed by atoms with E-state index in [-0.39, 0.29) is 5.91 Å². The number of carbonyl (C=O) groups excluding carboxylic acids is 1. The molecule has 1 aliphatic rings. The minimum atomic E-state index is -0.418. The standard InChI is InChI=1S/C14H17NO2/c1-3-13(16)15-9-10-17-14(2,11-15)12-7-5-4-6-8-12/h3-8H,1,9-11H2,2H3. The predicted molar refractivity (Wildman–Crippen MR) is 66.5 cm³/mol. The van der Waals surface area contributed by atoms with Gasteiger partial charge in [0.15, 0.2) is 0 Å². The first-order valence-corrected chi connectivity index (χ1v) is 5.76. The molecule has 0 saturated carbocycles. The first-order valence-electron chi connectivity index (χ1n) is 5.76. The summed E-state index contributed by atoms with van der Waals surface area (Å²) in [6, 6.07) is 10.0. The van der Waals surface area contributed by atoms with Crippen molar-refractivity contribution in [2.75, 3.05) is 19.7 Å². The van der Waals surface area contributed by atoms with Crippen LogP contribution in [0.1, 0.15) is 12.5 Å². The lowest BCUT2D eigenvalue weighted by Gasteiger charge is -2.40. The van der Waals surface area contributed by atoms with Crippen molar-refractivity contribution in [1.82, 2.24) is 4.90 Å². The third-order valence-electron chi connectivity index (χ3n) is 3.15. The van der Waals surface area contributed by atoms with Crippen molar-refractivity contribution in [1.29, 1.82) is 0 Å². The Morgan fingerprint density at radius 2 is 2.18 bits per heavy atom. The van der Waals surface area contributed by atoms with Gasteiger partial charge in [-0.25, -0.2) is 0 Å². The Labute approximate surface area is 102 Å². The fourth-order valence-corrected chi connectivity index (χ4v) is 2.15.